The zero-order valence-corrected chi connectivity index (χ0v) is 11.3. The molecule has 1 unspecified atom stereocenters. The molecule has 6 heteroatoms. The molecule has 0 spiro atoms. The Labute approximate surface area is 108 Å². The van der Waals surface area contributed by atoms with E-state index in [4.69, 9.17) is 10.5 Å². The van der Waals surface area contributed by atoms with Crippen LogP contribution in [0.3, 0.4) is 0 Å². The van der Waals surface area contributed by atoms with Gasteiger partial charge in [-0.1, -0.05) is 0 Å². The normalized spacial score (nSPS) is 20.1. The molecule has 1 aliphatic rings. The maximum Gasteiger partial charge on any atom is 0.242 e. The van der Waals surface area contributed by atoms with Crippen LogP contribution in [-0.2, 0) is 0 Å². The van der Waals surface area contributed by atoms with Gasteiger partial charge in [0.15, 0.2) is 5.82 Å². The third-order valence-corrected chi connectivity index (χ3v) is 3.54. The third-order valence-electron chi connectivity index (χ3n) is 3.54. The van der Waals surface area contributed by atoms with E-state index < -0.39 is 0 Å². The van der Waals surface area contributed by atoms with Crippen LogP contribution in [0.25, 0.3) is 0 Å². The van der Waals surface area contributed by atoms with E-state index in [1.165, 1.54) is 25.7 Å². The molecule has 18 heavy (non-hydrogen) atoms. The first kappa shape index (κ1) is 12.9. The van der Waals surface area contributed by atoms with Crippen LogP contribution in [0.1, 0.15) is 12.8 Å². The van der Waals surface area contributed by atoms with Gasteiger partial charge < -0.3 is 20.3 Å². The van der Waals surface area contributed by atoms with Crippen molar-refractivity contribution in [3.05, 3.63) is 6.33 Å². The van der Waals surface area contributed by atoms with E-state index in [1.807, 2.05) is 7.05 Å². The van der Waals surface area contributed by atoms with Crippen LogP contribution in [0.15, 0.2) is 6.33 Å². The fourth-order valence-electron chi connectivity index (χ4n) is 2.45. The van der Waals surface area contributed by atoms with Crippen molar-refractivity contribution in [2.45, 2.75) is 18.9 Å². The summed E-state index contributed by atoms with van der Waals surface area (Å²) in [6.07, 6.45) is 3.97. The van der Waals surface area contributed by atoms with Gasteiger partial charge in [0.1, 0.15) is 12.0 Å². The minimum atomic E-state index is 0.437. The van der Waals surface area contributed by atoms with Crippen molar-refractivity contribution in [1.82, 2.24) is 14.9 Å². The molecule has 100 valence electrons. The molecule has 1 aliphatic heterocycles. The lowest BCUT2D eigenvalue weighted by atomic mass is 10.2. The molecule has 0 amide bonds. The van der Waals surface area contributed by atoms with Crippen molar-refractivity contribution in [3.8, 4) is 5.88 Å². The van der Waals surface area contributed by atoms with Gasteiger partial charge in [-0.2, -0.15) is 4.98 Å². The second kappa shape index (κ2) is 5.39. The summed E-state index contributed by atoms with van der Waals surface area (Å²) < 4.78 is 5.11. The largest absolute Gasteiger partial charge is 0.479 e. The zero-order chi connectivity index (χ0) is 13.1. The fraction of sp³-hybridized carbons (Fsp3) is 0.667. The molecule has 6 nitrogen and oxygen atoms in total. The van der Waals surface area contributed by atoms with Gasteiger partial charge in [0.2, 0.25) is 5.88 Å². The molecule has 0 aliphatic carbocycles. The second-order valence-electron chi connectivity index (χ2n) is 4.78. The topological polar surface area (TPSA) is 67.5 Å². The molecule has 0 saturated carbocycles. The Kier molecular flexibility index (Phi) is 3.86. The lowest BCUT2D eigenvalue weighted by Crippen LogP contribution is -2.37. The van der Waals surface area contributed by atoms with Crippen LogP contribution < -0.4 is 15.4 Å². The van der Waals surface area contributed by atoms with Crippen LogP contribution >= 0.6 is 0 Å². The first-order valence-corrected chi connectivity index (χ1v) is 6.19. The number of ether oxygens (including phenoxy) is 1. The number of rotatable bonds is 4. The molecule has 1 fully saturated rings. The third kappa shape index (κ3) is 2.48. The van der Waals surface area contributed by atoms with Gasteiger partial charge in [0.25, 0.3) is 0 Å². The molecule has 0 radical (unpaired) electrons. The van der Waals surface area contributed by atoms with Crippen LogP contribution in [-0.4, -0.2) is 55.2 Å². The minimum Gasteiger partial charge on any atom is -0.479 e. The average Bonchev–Trinajstić information content (AvgIpc) is 2.75. The Morgan fingerprint density at radius 2 is 2.33 bits per heavy atom. The maximum atomic E-state index is 6.00. The van der Waals surface area contributed by atoms with Crippen molar-refractivity contribution in [3.63, 3.8) is 0 Å². The molecular formula is C12H21N5O. The van der Waals surface area contributed by atoms with Crippen LogP contribution in [0.2, 0.25) is 0 Å². The number of likely N-dealkylation sites (tertiary alicyclic amines) is 1. The smallest absolute Gasteiger partial charge is 0.242 e. The SMILES string of the molecule is COc1ncnc(N(C)CC2CCCN2C)c1N. The van der Waals surface area contributed by atoms with E-state index in [1.54, 1.807) is 7.11 Å². The number of hydrogen-bond donors (Lipinski definition) is 1. The highest BCUT2D eigenvalue weighted by molar-refractivity contribution is 5.67. The van der Waals surface area contributed by atoms with Crippen molar-refractivity contribution >= 4 is 11.5 Å². The molecular weight excluding hydrogens is 230 g/mol. The van der Waals surface area contributed by atoms with Gasteiger partial charge in [-0.15, -0.1) is 0 Å². The van der Waals surface area contributed by atoms with E-state index in [0.717, 1.165) is 12.4 Å². The standard InChI is InChI=1S/C12H21N5O/c1-16-6-4-5-9(16)7-17(2)11-10(13)12(18-3)15-8-14-11/h8-9H,4-7,13H2,1-3H3. The Hall–Kier alpha value is -1.56. The van der Waals surface area contributed by atoms with Gasteiger partial charge in [-0.25, -0.2) is 4.98 Å². The molecule has 0 aromatic carbocycles. The summed E-state index contributed by atoms with van der Waals surface area (Å²) in [5.41, 5.74) is 6.50. The van der Waals surface area contributed by atoms with Gasteiger partial charge in [-0.05, 0) is 26.4 Å². The summed E-state index contributed by atoms with van der Waals surface area (Å²) in [6.45, 7) is 2.09. The molecule has 0 bridgehead atoms. The van der Waals surface area contributed by atoms with Crippen molar-refractivity contribution in [1.29, 1.82) is 0 Å². The lowest BCUT2D eigenvalue weighted by Gasteiger charge is -2.27. The molecule has 2 N–H and O–H groups in total. The highest BCUT2D eigenvalue weighted by atomic mass is 16.5. The van der Waals surface area contributed by atoms with Crippen LogP contribution in [0.5, 0.6) is 5.88 Å². The zero-order valence-electron chi connectivity index (χ0n) is 11.3. The van der Waals surface area contributed by atoms with E-state index in [-0.39, 0.29) is 0 Å². The van der Waals surface area contributed by atoms with Crippen molar-refractivity contribution < 1.29 is 4.74 Å². The summed E-state index contributed by atoms with van der Waals surface area (Å²) in [5, 5.41) is 0. The van der Waals surface area contributed by atoms with E-state index in [9.17, 15) is 0 Å². The van der Waals surface area contributed by atoms with E-state index >= 15 is 0 Å². The summed E-state index contributed by atoms with van der Waals surface area (Å²) in [4.78, 5) is 12.7. The highest BCUT2D eigenvalue weighted by Gasteiger charge is 2.23. The monoisotopic (exact) mass is 251 g/mol. The molecule has 2 rings (SSSR count). The summed E-state index contributed by atoms with van der Waals surface area (Å²) in [6, 6.07) is 0.565. The molecule has 1 aromatic heterocycles. The summed E-state index contributed by atoms with van der Waals surface area (Å²) >= 11 is 0. The molecule has 1 saturated heterocycles. The van der Waals surface area contributed by atoms with Crippen LogP contribution in [0, 0.1) is 0 Å². The van der Waals surface area contributed by atoms with Gasteiger partial charge in [-0.3, -0.25) is 0 Å². The van der Waals surface area contributed by atoms with Crippen molar-refractivity contribution in [2.75, 3.05) is 44.9 Å². The minimum absolute atomic E-state index is 0.437. The predicted molar refractivity (Wildman–Crippen MR) is 71.9 cm³/mol. The van der Waals surface area contributed by atoms with Gasteiger partial charge in [0.05, 0.1) is 7.11 Å². The Morgan fingerprint density at radius 3 is 2.94 bits per heavy atom. The number of likely N-dealkylation sites (N-methyl/N-ethyl adjacent to an activating group) is 2. The van der Waals surface area contributed by atoms with Crippen LogP contribution in [0.4, 0.5) is 11.5 Å². The van der Waals surface area contributed by atoms with Crippen molar-refractivity contribution in [2.24, 2.45) is 0 Å². The second-order valence-corrected chi connectivity index (χ2v) is 4.78. The van der Waals surface area contributed by atoms with E-state index in [0.29, 0.717) is 17.6 Å². The Bertz CT molecular complexity index is 411. The van der Waals surface area contributed by atoms with Gasteiger partial charge in [0, 0.05) is 19.6 Å². The Morgan fingerprint density at radius 1 is 1.56 bits per heavy atom. The number of nitrogen functional groups attached to an aromatic ring is 1. The maximum absolute atomic E-state index is 6.00. The highest BCUT2D eigenvalue weighted by Crippen LogP contribution is 2.27. The summed E-state index contributed by atoms with van der Waals surface area (Å²) in [5.74, 6) is 1.17. The number of nitrogens with zero attached hydrogens (tertiary/aromatic N) is 4. The Balaban J connectivity index is 2.11. The number of nitrogens with two attached hydrogens (primary N) is 1. The number of aromatic nitrogens is 2. The summed E-state index contributed by atoms with van der Waals surface area (Å²) in [7, 11) is 5.73. The fourth-order valence-corrected chi connectivity index (χ4v) is 2.45. The lowest BCUT2D eigenvalue weighted by molar-refractivity contribution is 0.314. The van der Waals surface area contributed by atoms with E-state index in [2.05, 4.69) is 26.8 Å². The number of methoxy groups -OCH3 is 1. The quantitative estimate of drug-likeness (QED) is 0.845. The number of anilines is 2. The average molecular weight is 251 g/mol. The number of hydrogen-bond acceptors (Lipinski definition) is 6. The first-order chi connectivity index (χ1) is 8.63. The molecule has 2 heterocycles. The molecule has 1 aromatic rings. The first-order valence-electron chi connectivity index (χ1n) is 6.19. The molecule has 1 atom stereocenters. The predicted octanol–water partition coefficient (Wildman–Crippen LogP) is 0.598. The van der Waals surface area contributed by atoms with Gasteiger partial charge >= 0.3 is 0 Å².